The summed E-state index contributed by atoms with van der Waals surface area (Å²) in [7, 11) is 0. The van der Waals surface area contributed by atoms with Crippen molar-refractivity contribution in [3.8, 4) is 5.75 Å². The zero-order valence-corrected chi connectivity index (χ0v) is 18.2. The summed E-state index contributed by atoms with van der Waals surface area (Å²) in [6.07, 6.45) is 2.02. The minimum absolute atomic E-state index is 0.0964. The van der Waals surface area contributed by atoms with Crippen LogP contribution in [0.1, 0.15) is 57.2 Å². The third-order valence-corrected chi connectivity index (χ3v) is 5.57. The van der Waals surface area contributed by atoms with Crippen LogP contribution >= 0.6 is 0 Å². The Balaban J connectivity index is 1.54. The van der Waals surface area contributed by atoms with Crippen molar-refractivity contribution in [2.45, 2.75) is 65.1 Å². The van der Waals surface area contributed by atoms with E-state index in [1.165, 1.54) is 42.6 Å². The van der Waals surface area contributed by atoms with Crippen molar-refractivity contribution in [3.63, 3.8) is 0 Å². The van der Waals surface area contributed by atoms with Crippen molar-refractivity contribution >= 4 is 5.91 Å². The SMILES string of the molecule is CC(Oc1ccc(C(C)(C)C)cc1)C(=O)NCc1ccccc1CN1CCCC1. The molecular formula is C25H34N2O2. The summed E-state index contributed by atoms with van der Waals surface area (Å²) in [6, 6.07) is 16.4. The molecule has 1 N–H and O–H groups in total. The van der Waals surface area contributed by atoms with E-state index in [4.69, 9.17) is 4.74 Å². The third-order valence-electron chi connectivity index (χ3n) is 5.57. The topological polar surface area (TPSA) is 41.6 Å². The van der Waals surface area contributed by atoms with Gasteiger partial charge in [0, 0.05) is 13.1 Å². The van der Waals surface area contributed by atoms with E-state index in [0.717, 1.165) is 12.3 Å². The maximum atomic E-state index is 12.6. The molecule has 2 aromatic rings. The van der Waals surface area contributed by atoms with Crippen molar-refractivity contribution < 1.29 is 9.53 Å². The molecular weight excluding hydrogens is 360 g/mol. The standard InChI is InChI=1S/C25H34N2O2/c1-19(29-23-13-11-22(12-14-23)25(2,3)4)24(28)26-17-20-9-5-6-10-21(20)18-27-15-7-8-16-27/h5-6,9-14,19H,7-8,15-18H2,1-4H3,(H,26,28). The monoisotopic (exact) mass is 394 g/mol. The molecule has 0 aliphatic carbocycles. The van der Waals surface area contributed by atoms with E-state index in [2.05, 4.69) is 61.3 Å². The zero-order valence-electron chi connectivity index (χ0n) is 18.2. The lowest BCUT2D eigenvalue weighted by Crippen LogP contribution is -2.36. The summed E-state index contributed by atoms with van der Waals surface area (Å²) in [5, 5.41) is 3.04. The van der Waals surface area contributed by atoms with Crippen LogP contribution in [-0.2, 0) is 23.3 Å². The molecule has 4 heteroatoms. The number of nitrogens with zero attached hydrogens (tertiary/aromatic N) is 1. The third kappa shape index (κ3) is 6.07. The lowest BCUT2D eigenvalue weighted by atomic mass is 9.87. The molecule has 0 bridgehead atoms. The van der Waals surface area contributed by atoms with Crippen molar-refractivity contribution in [2.75, 3.05) is 13.1 Å². The molecule has 0 saturated carbocycles. The lowest BCUT2D eigenvalue weighted by Gasteiger charge is -2.20. The van der Waals surface area contributed by atoms with Crippen LogP contribution in [-0.4, -0.2) is 30.0 Å². The average molecular weight is 395 g/mol. The van der Waals surface area contributed by atoms with E-state index in [-0.39, 0.29) is 11.3 Å². The van der Waals surface area contributed by atoms with Crippen molar-refractivity contribution in [1.82, 2.24) is 10.2 Å². The smallest absolute Gasteiger partial charge is 0.261 e. The van der Waals surface area contributed by atoms with Gasteiger partial charge in [-0.2, -0.15) is 0 Å². The number of nitrogens with one attached hydrogen (secondary N) is 1. The Bertz CT molecular complexity index is 802. The van der Waals surface area contributed by atoms with Gasteiger partial charge >= 0.3 is 0 Å². The largest absolute Gasteiger partial charge is 0.481 e. The minimum atomic E-state index is -0.541. The molecule has 0 radical (unpaired) electrons. The Morgan fingerprint density at radius 2 is 1.66 bits per heavy atom. The van der Waals surface area contributed by atoms with Crippen molar-refractivity contribution in [2.24, 2.45) is 0 Å². The summed E-state index contributed by atoms with van der Waals surface area (Å²) in [5.41, 5.74) is 3.82. The highest BCUT2D eigenvalue weighted by Gasteiger charge is 2.18. The Morgan fingerprint density at radius 3 is 2.28 bits per heavy atom. The van der Waals surface area contributed by atoms with Crippen LogP contribution < -0.4 is 10.1 Å². The van der Waals surface area contributed by atoms with Gasteiger partial charge < -0.3 is 10.1 Å². The van der Waals surface area contributed by atoms with Gasteiger partial charge in [0.25, 0.3) is 5.91 Å². The molecule has 4 nitrogen and oxygen atoms in total. The zero-order chi connectivity index (χ0) is 20.9. The van der Waals surface area contributed by atoms with Crippen LogP contribution in [0, 0.1) is 0 Å². The molecule has 0 aromatic heterocycles. The van der Waals surface area contributed by atoms with Gasteiger partial charge in [0.15, 0.2) is 6.10 Å². The fourth-order valence-electron chi connectivity index (χ4n) is 3.68. The van der Waals surface area contributed by atoms with Gasteiger partial charge in [0.1, 0.15) is 5.75 Å². The molecule has 1 atom stereocenters. The van der Waals surface area contributed by atoms with E-state index in [1.807, 2.05) is 18.2 Å². The van der Waals surface area contributed by atoms with Gasteiger partial charge in [0.05, 0.1) is 0 Å². The maximum Gasteiger partial charge on any atom is 0.261 e. The van der Waals surface area contributed by atoms with Crippen LogP contribution in [0.3, 0.4) is 0 Å². The fourth-order valence-corrected chi connectivity index (χ4v) is 3.68. The fraction of sp³-hybridized carbons (Fsp3) is 0.480. The minimum Gasteiger partial charge on any atom is -0.481 e. The van der Waals surface area contributed by atoms with Gasteiger partial charge in [-0.1, -0.05) is 57.2 Å². The molecule has 1 aliphatic heterocycles. The molecule has 1 aliphatic rings. The molecule has 2 aromatic carbocycles. The maximum absolute atomic E-state index is 12.6. The molecule has 3 rings (SSSR count). The van der Waals surface area contributed by atoms with E-state index >= 15 is 0 Å². The first-order valence-electron chi connectivity index (χ1n) is 10.7. The second kappa shape index (κ2) is 9.45. The predicted molar refractivity (Wildman–Crippen MR) is 118 cm³/mol. The van der Waals surface area contributed by atoms with E-state index < -0.39 is 6.10 Å². The van der Waals surface area contributed by atoms with Crippen LogP contribution in [0.5, 0.6) is 5.75 Å². The first kappa shape index (κ1) is 21.4. The number of ether oxygens (including phenoxy) is 1. The summed E-state index contributed by atoms with van der Waals surface area (Å²) in [6.45, 7) is 12.2. The van der Waals surface area contributed by atoms with Gasteiger partial charge in [-0.25, -0.2) is 0 Å². The Morgan fingerprint density at radius 1 is 1.03 bits per heavy atom. The Labute approximate surface area is 175 Å². The normalized spacial score (nSPS) is 15.9. The predicted octanol–water partition coefficient (Wildman–Crippen LogP) is 4.66. The highest BCUT2D eigenvalue weighted by atomic mass is 16.5. The molecule has 156 valence electrons. The number of carbonyl (C=O) groups excluding carboxylic acids is 1. The van der Waals surface area contributed by atoms with Gasteiger partial charge in [0.2, 0.25) is 0 Å². The number of hydrogen-bond acceptors (Lipinski definition) is 3. The lowest BCUT2D eigenvalue weighted by molar-refractivity contribution is -0.127. The van der Waals surface area contributed by atoms with Gasteiger partial charge in [-0.3, -0.25) is 9.69 Å². The highest BCUT2D eigenvalue weighted by Crippen LogP contribution is 2.24. The first-order chi connectivity index (χ1) is 13.8. The molecule has 1 heterocycles. The number of benzene rings is 2. The molecule has 1 saturated heterocycles. The summed E-state index contributed by atoms with van der Waals surface area (Å²) >= 11 is 0. The quantitative estimate of drug-likeness (QED) is 0.742. The van der Waals surface area contributed by atoms with Crippen LogP contribution in [0.4, 0.5) is 0 Å². The second-order valence-corrected chi connectivity index (χ2v) is 9.00. The Hall–Kier alpha value is -2.33. The number of carbonyl (C=O) groups is 1. The van der Waals surface area contributed by atoms with Crippen molar-refractivity contribution in [3.05, 3.63) is 65.2 Å². The number of amides is 1. The van der Waals surface area contributed by atoms with Crippen LogP contribution in [0.25, 0.3) is 0 Å². The highest BCUT2D eigenvalue weighted by molar-refractivity contribution is 5.80. The first-order valence-corrected chi connectivity index (χ1v) is 10.7. The van der Waals surface area contributed by atoms with E-state index in [0.29, 0.717) is 6.54 Å². The van der Waals surface area contributed by atoms with Crippen LogP contribution in [0.2, 0.25) is 0 Å². The molecule has 29 heavy (non-hydrogen) atoms. The molecule has 1 fully saturated rings. The number of rotatable bonds is 7. The van der Waals surface area contributed by atoms with E-state index in [1.54, 1.807) is 6.92 Å². The van der Waals surface area contributed by atoms with Crippen molar-refractivity contribution in [1.29, 1.82) is 0 Å². The second-order valence-electron chi connectivity index (χ2n) is 9.00. The molecule has 1 amide bonds. The van der Waals surface area contributed by atoms with Gasteiger partial charge in [-0.05, 0) is 67.1 Å². The number of hydrogen-bond donors (Lipinski definition) is 1. The summed E-state index contributed by atoms with van der Waals surface area (Å²) < 4.78 is 5.85. The summed E-state index contributed by atoms with van der Waals surface area (Å²) in [4.78, 5) is 15.0. The van der Waals surface area contributed by atoms with E-state index in [9.17, 15) is 4.79 Å². The molecule has 0 spiro atoms. The number of likely N-dealkylation sites (tertiary alicyclic amines) is 1. The summed E-state index contributed by atoms with van der Waals surface area (Å²) in [5.74, 6) is 0.621. The average Bonchev–Trinajstić information content (AvgIpc) is 3.20. The molecule has 1 unspecified atom stereocenters. The Kier molecular flexibility index (Phi) is 6.96. The van der Waals surface area contributed by atoms with Gasteiger partial charge in [-0.15, -0.1) is 0 Å². The van der Waals surface area contributed by atoms with Crippen LogP contribution in [0.15, 0.2) is 48.5 Å².